The Balaban J connectivity index is 2.00. The van der Waals surface area contributed by atoms with Crippen LogP contribution >= 0.6 is 0 Å². The lowest BCUT2D eigenvalue weighted by Crippen LogP contribution is -2.35. The summed E-state index contributed by atoms with van der Waals surface area (Å²) >= 11 is 0. The van der Waals surface area contributed by atoms with Crippen molar-refractivity contribution in [3.05, 3.63) is 12.7 Å². The zero-order chi connectivity index (χ0) is 14.4. The molecule has 2 heterocycles. The third-order valence-electron chi connectivity index (χ3n) is 3.17. The maximum absolute atomic E-state index is 12.1. The lowest BCUT2D eigenvalue weighted by atomic mass is 9.98. The Labute approximate surface area is 117 Å². The molecule has 0 aliphatic carbocycles. The van der Waals surface area contributed by atoms with Crippen molar-refractivity contribution < 1.29 is 4.79 Å². The second-order valence-electron chi connectivity index (χ2n) is 4.71. The molecule has 0 aliphatic rings. The second-order valence-corrected chi connectivity index (χ2v) is 4.71. The number of hydrogen-bond donors (Lipinski definition) is 3. The van der Waals surface area contributed by atoms with Gasteiger partial charge in [0.05, 0.1) is 6.33 Å². The summed E-state index contributed by atoms with van der Waals surface area (Å²) in [6.07, 6.45) is 6.73. The van der Waals surface area contributed by atoms with Crippen LogP contribution in [0.5, 0.6) is 0 Å². The Morgan fingerprint density at radius 3 is 2.70 bits per heavy atom. The van der Waals surface area contributed by atoms with E-state index >= 15 is 0 Å². The number of anilines is 1. The predicted octanol–water partition coefficient (Wildman–Crippen LogP) is 2.01. The van der Waals surface area contributed by atoms with Gasteiger partial charge >= 0.3 is 0 Å². The number of carbonyl (C=O) groups is 1. The maximum atomic E-state index is 12.1. The Bertz CT molecular complexity index is 561. The minimum absolute atomic E-state index is 0.0000208. The Hall–Kier alpha value is -2.18. The Morgan fingerprint density at radius 2 is 2.00 bits per heavy atom. The Morgan fingerprint density at radius 1 is 1.25 bits per heavy atom. The lowest BCUT2D eigenvalue weighted by Gasteiger charge is -2.15. The van der Waals surface area contributed by atoms with E-state index in [1.54, 1.807) is 6.33 Å². The number of nitrogens with one attached hydrogen (secondary N) is 3. The van der Waals surface area contributed by atoms with Crippen molar-refractivity contribution in [1.29, 1.82) is 0 Å². The number of aromatic amines is 1. The number of fused-ring (bicyclic) bond motifs is 1. The molecule has 2 rings (SSSR count). The fraction of sp³-hybridized carbons (Fsp3) is 0.538. The molecular formula is C13H20N6O. The topological polar surface area (TPSA) is 95.6 Å². The van der Waals surface area contributed by atoms with Crippen molar-refractivity contribution in [3.63, 3.8) is 0 Å². The summed E-state index contributed by atoms with van der Waals surface area (Å²) in [7, 11) is 0. The summed E-state index contributed by atoms with van der Waals surface area (Å²) in [6.45, 7) is 4.17. The van der Waals surface area contributed by atoms with Gasteiger partial charge in [0, 0.05) is 5.92 Å². The number of rotatable bonds is 7. The number of H-pyrrole nitrogens is 1. The third-order valence-corrected chi connectivity index (χ3v) is 3.17. The molecule has 108 valence electrons. The van der Waals surface area contributed by atoms with Crippen LogP contribution in [0.3, 0.4) is 0 Å². The van der Waals surface area contributed by atoms with Crippen molar-refractivity contribution in [2.75, 3.05) is 5.43 Å². The highest BCUT2D eigenvalue weighted by atomic mass is 16.2. The molecule has 0 radical (unpaired) electrons. The van der Waals surface area contributed by atoms with Crippen LogP contribution in [0.1, 0.15) is 39.5 Å². The van der Waals surface area contributed by atoms with Gasteiger partial charge in [-0.2, -0.15) is 0 Å². The van der Waals surface area contributed by atoms with E-state index in [0.717, 1.165) is 25.7 Å². The van der Waals surface area contributed by atoms with Crippen LogP contribution in [-0.4, -0.2) is 25.8 Å². The van der Waals surface area contributed by atoms with E-state index in [-0.39, 0.29) is 11.8 Å². The van der Waals surface area contributed by atoms with Crippen LogP contribution in [0.25, 0.3) is 11.2 Å². The summed E-state index contributed by atoms with van der Waals surface area (Å²) in [5, 5.41) is 0. The number of amides is 1. The average molecular weight is 276 g/mol. The molecule has 0 unspecified atom stereocenters. The SMILES string of the molecule is CCCC(CCC)C(=O)NNc1ncnc2nc[nH]c12. The van der Waals surface area contributed by atoms with E-state index in [2.05, 4.69) is 44.6 Å². The van der Waals surface area contributed by atoms with Crippen molar-refractivity contribution in [1.82, 2.24) is 25.4 Å². The molecule has 0 fully saturated rings. The third kappa shape index (κ3) is 3.23. The second kappa shape index (κ2) is 6.83. The van der Waals surface area contributed by atoms with Gasteiger partial charge in [-0.15, -0.1) is 0 Å². The highest BCUT2D eigenvalue weighted by Gasteiger charge is 2.16. The van der Waals surface area contributed by atoms with Gasteiger partial charge in [0.2, 0.25) is 5.91 Å². The van der Waals surface area contributed by atoms with Gasteiger partial charge in [0.1, 0.15) is 11.8 Å². The molecule has 0 aromatic carbocycles. The van der Waals surface area contributed by atoms with Crippen LogP contribution in [0.2, 0.25) is 0 Å². The van der Waals surface area contributed by atoms with Crippen LogP contribution in [-0.2, 0) is 4.79 Å². The molecule has 0 spiro atoms. The predicted molar refractivity (Wildman–Crippen MR) is 76.8 cm³/mol. The number of hydrazine groups is 1. The van der Waals surface area contributed by atoms with Gasteiger partial charge in [-0.3, -0.25) is 15.6 Å². The summed E-state index contributed by atoms with van der Waals surface area (Å²) in [6, 6.07) is 0. The van der Waals surface area contributed by atoms with Gasteiger partial charge in [0.15, 0.2) is 11.5 Å². The monoisotopic (exact) mass is 276 g/mol. The molecule has 0 saturated carbocycles. The quantitative estimate of drug-likeness (QED) is 0.672. The minimum Gasteiger partial charge on any atom is -0.340 e. The summed E-state index contributed by atoms with van der Waals surface area (Å²) in [4.78, 5) is 27.2. The molecule has 3 N–H and O–H groups in total. The van der Waals surface area contributed by atoms with Crippen molar-refractivity contribution in [3.8, 4) is 0 Å². The zero-order valence-electron chi connectivity index (χ0n) is 11.8. The van der Waals surface area contributed by atoms with E-state index in [9.17, 15) is 4.79 Å². The number of nitrogens with zero attached hydrogens (tertiary/aromatic N) is 3. The molecule has 0 saturated heterocycles. The number of hydrogen-bond acceptors (Lipinski definition) is 5. The molecule has 0 atom stereocenters. The molecule has 2 aromatic rings. The number of imidazole rings is 1. The minimum atomic E-state index is -0.0000208. The van der Waals surface area contributed by atoms with Gasteiger partial charge < -0.3 is 4.98 Å². The highest BCUT2D eigenvalue weighted by molar-refractivity contribution is 5.85. The largest absolute Gasteiger partial charge is 0.340 e. The van der Waals surface area contributed by atoms with Gasteiger partial charge in [0.25, 0.3) is 0 Å². The fourth-order valence-electron chi connectivity index (χ4n) is 2.19. The standard InChI is InChI=1S/C13H20N6O/c1-3-5-9(6-4-2)13(20)19-18-12-10-11(15-7-14-10)16-8-17-12/h7-9H,3-6H2,1-2H3,(H,19,20)(H2,14,15,16,17,18). The van der Waals surface area contributed by atoms with Crippen LogP contribution in [0.15, 0.2) is 12.7 Å². The van der Waals surface area contributed by atoms with Crippen molar-refractivity contribution in [2.24, 2.45) is 5.92 Å². The molecular weight excluding hydrogens is 256 g/mol. The number of aromatic nitrogens is 4. The summed E-state index contributed by atoms with van der Waals surface area (Å²) in [5.41, 5.74) is 6.81. The smallest absolute Gasteiger partial charge is 0.241 e. The first kappa shape index (κ1) is 14.2. The van der Waals surface area contributed by atoms with E-state index in [4.69, 9.17) is 0 Å². The molecule has 7 nitrogen and oxygen atoms in total. The van der Waals surface area contributed by atoms with E-state index < -0.39 is 0 Å². The summed E-state index contributed by atoms with van der Waals surface area (Å²) < 4.78 is 0. The van der Waals surface area contributed by atoms with Crippen LogP contribution in [0.4, 0.5) is 5.82 Å². The number of carbonyl (C=O) groups excluding carboxylic acids is 1. The van der Waals surface area contributed by atoms with Gasteiger partial charge in [-0.25, -0.2) is 15.0 Å². The van der Waals surface area contributed by atoms with Gasteiger partial charge in [-0.1, -0.05) is 26.7 Å². The maximum Gasteiger partial charge on any atom is 0.241 e. The van der Waals surface area contributed by atoms with E-state index in [1.165, 1.54) is 6.33 Å². The average Bonchev–Trinajstić information content (AvgIpc) is 2.93. The first-order valence-corrected chi connectivity index (χ1v) is 6.96. The molecule has 0 aliphatic heterocycles. The molecule has 1 amide bonds. The van der Waals surface area contributed by atoms with Crippen LogP contribution < -0.4 is 10.9 Å². The van der Waals surface area contributed by atoms with Crippen LogP contribution in [0, 0.1) is 5.92 Å². The van der Waals surface area contributed by atoms with Crippen molar-refractivity contribution in [2.45, 2.75) is 39.5 Å². The molecule has 20 heavy (non-hydrogen) atoms. The highest BCUT2D eigenvalue weighted by Crippen LogP contribution is 2.15. The lowest BCUT2D eigenvalue weighted by molar-refractivity contribution is -0.124. The first-order chi connectivity index (χ1) is 9.76. The zero-order valence-corrected chi connectivity index (χ0v) is 11.8. The van der Waals surface area contributed by atoms with Crippen molar-refractivity contribution >= 4 is 22.9 Å². The fourth-order valence-corrected chi connectivity index (χ4v) is 2.19. The molecule has 2 aromatic heterocycles. The molecule has 7 heteroatoms. The first-order valence-electron chi connectivity index (χ1n) is 6.96. The summed E-state index contributed by atoms with van der Waals surface area (Å²) in [5.74, 6) is 0.559. The Kier molecular flexibility index (Phi) is 4.86. The van der Waals surface area contributed by atoms with Gasteiger partial charge in [-0.05, 0) is 12.8 Å². The van der Waals surface area contributed by atoms with E-state index in [1.807, 2.05) is 0 Å². The molecule has 0 bridgehead atoms. The normalized spacial score (nSPS) is 10.9. The van der Waals surface area contributed by atoms with E-state index in [0.29, 0.717) is 17.0 Å².